The minimum atomic E-state index is -3.03. The summed E-state index contributed by atoms with van der Waals surface area (Å²) in [7, 11) is 0. The number of rotatable bonds is 7. The van der Waals surface area contributed by atoms with Crippen LogP contribution in [0.1, 0.15) is 12.0 Å². The van der Waals surface area contributed by atoms with Crippen molar-refractivity contribution in [2.75, 3.05) is 49.6 Å². The van der Waals surface area contributed by atoms with Crippen molar-refractivity contribution < 1.29 is 23.4 Å². The number of nitrogens with one attached hydrogen (secondary N) is 2. The summed E-state index contributed by atoms with van der Waals surface area (Å²) in [5, 5.41) is 24.8. The summed E-state index contributed by atoms with van der Waals surface area (Å²) >= 11 is 0. The number of hydrogen-bond donors (Lipinski definition) is 3. The standard InChI is InChI=1S/C26H27F2N7O3/c27-26(28)15-30-8-7-23(26)38-22-6-1-17(11-18(22)12-29)24-31-16-32-25(34-24)33-19-2-4-20(5-3-19)35-9-10-37-21(13-35)14-36/h1-6,11,16,21,23,30,36H,7-10,13-15H2,(H,31,32,33,34). The first kappa shape index (κ1) is 25.7. The van der Waals surface area contributed by atoms with E-state index >= 15 is 0 Å². The summed E-state index contributed by atoms with van der Waals surface area (Å²) in [6.07, 6.45) is -0.00897. The molecule has 0 aliphatic carbocycles. The fourth-order valence-corrected chi connectivity index (χ4v) is 4.42. The van der Waals surface area contributed by atoms with Gasteiger partial charge in [-0.2, -0.15) is 10.2 Å². The number of halogens is 2. The lowest BCUT2D eigenvalue weighted by Gasteiger charge is -2.33. The summed E-state index contributed by atoms with van der Waals surface area (Å²) in [6, 6.07) is 14.4. The van der Waals surface area contributed by atoms with Crippen molar-refractivity contribution in [2.45, 2.75) is 24.6 Å². The predicted molar refractivity (Wildman–Crippen MR) is 136 cm³/mol. The second-order valence-corrected chi connectivity index (χ2v) is 9.08. The van der Waals surface area contributed by atoms with Gasteiger partial charge < -0.3 is 30.1 Å². The summed E-state index contributed by atoms with van der Waals surface area (Å²) in [4.78, 5) is 15.0. The van der Waals surface area contributed by atoms with Crippen molar-refractivity contribution in [3.05, 3.63) is 54.4 Å². The second-order valence-electron chi connectivity index (χ2n) is 9.08. The van der Waals surface area contributed by atoms with Crippen molar-refractivity contribution in [2.24, 2.45) is 0 Å². The van der Waals surface area contributed by atoms with E-state index in [-0.39, 0.29) is 30.4 Å². The molecule has 0 saturated carbocycles. The Kier molecular flexibility index (Phi) is 7.59. The molecule has 2 aliphatic rings. The number of piperidine rings is 1. The van der Waals surface area contributed by atoms with E-state index in [0.29, 0.717) is 37.0 Å². The van der Waals surface area contributed by atoms with E-state index in [4.69, 9.17) is 9.47 Å². The third kappa shape index (κ3) is 5.80. The smallest absolute Gasteiger partial charge is 0.296 e. The minimum Gasteiger partial charge on any atom is -0.483 e. The zero-order valence-electron chi connectivity index (χ0n) is 20.5. The molecular weight excluding hydrogens is 496 g/mol. The van der Waals surface area contributed by atoms with E-state index in [1.54, 1.807) is 6.07 Å². The molecule has 38 heavy (non-hydrogen) atoms. The molecule has 12 heteroatoms. The van der Waals surface area contributed by atoms with Gasteiger partial charge in [0.15, 0.2) is 11.9 Å². The molecule has 0 spiro atoms. The van der Waals surface area contributed by atoms with Crippen molar-refractivity contribution >= 4 is 17.3 Å². The fraction of sp³-hybridized carbons (Fsp3) is 0.385. The molecule has 5 rings (SSSR count). The molecule has 3 N–H and O–H groups in total. The SMILES string of the molecule is N#Cc1cc(-c2ncnc(Nc3ccc(N4CCOC(CO)C4)cc3)n2)ccc1OC1CCNCC1(F)F. The quantitative estimate of drug-likeness (QED) is 0.425. The number of benzene rings is 2. The third-order valence-electron chi connectivity index (χ3n) is 6.45. The van der Waals surface area contributed by atoms with Crippen LogP contribution < -0.4 is 20.3 Å². The highest BCUT2D eigenvalue weighted by Crippen LogP contribution is 2.31. The van der Waals surface area contributed by atoms with Crippen LogP contribution in [0.2, 0.25) is 0 Å². The molecule has 2 fully saturated rings. The van der Waals surface area contributed by atoms with Gasteiger partial charge in [0.1, 0.15) is 18.1 Å². The molecule has 10 nitrogen and oxygen atoms in total. The summed E-state index contributed by atoms with van der Waals surface area (Å²) < 4.78 is 39.4. The molecule has 2 aromatic carbocycles. The van der Waals surface area contributed by atoms with Crippen molar-refractivity contribution in [3.63, 3.8) is 0 Å². The number of nitriles is 1. The maximum atomic E-state index is 14.2. The summed E-state index contributed by atoms with van der Waals surface area (Å²) in [5.74, 6) is -2.30. The van der Waals surface area contributed by atoms with E-state index in [9.17, 15) is 19.1 Å². The number of aliphatic hydroxyl groups excluding tert-OH is 1. The van der Waals surface area contributed by atoms with Crippen LogP contribution >= 0.6 is 0 Å². The summed E-state index contributed by atoms with van der Waals surface area (Å²) in [5.41, 5.74) is 2.43. The number of aliphatic hydroxyl groups is 1. The molecule has 198 valence electrons. The third-order valence-corrected chi connectivity index (χ3v) is 6.45. The van der Waals surface area contributed by atoms with Crippen molar-refractivity contribution in [1.82, 2.24) is 20.3 Å². The first-order valence-electron chi connectivity index (χ1n) is 12.3. The molecule has 1 aromatic heterocycles. The van der Waals surface area contributed by atoms with Crippen LogP contribution in [0, 0.1) is 11.3 Å². The number of aromatic nitrogens is 3. The van der Waals surface area contributed by atoms with Gasteiger partial charge in [0.2, 0.25) is 5.95 Å². The molecule has 0 bridgehead atoms. The Balaban J connectivity index is 1.28. The molecule has 0 amide bonds. The Bertz CT molecular complexity index is 1300. The Morgan fingerprint density at radius 3 is 2.84 bits per heavy atom. The molecule has 0 radical (unpaired) electrons. The highest BCUT2D eigenvalue weighted by Gasteiger charge is 2.43. The Labute approximate surface area is 218 Å². The Hall–Kier alpha value is -3.92. The molecule has 2 unspecified atom stereocenters. The normalized spacial score (nSPS) is 20.9. The lowest BCUT2D eigenvalue weighted by atomic mass is 10.0. The van der Waals surface area contributed by atoms with E-state index in [1.165, 1.54) is 18.5 Å². The van der Waals surface area contributed by atoms with Gasteiger partial charge in [0.25, 0.3) is 5.92 Å². The van der Waals surface area contributed by atoms with Crippen LogP contribution in [0.4, 0.5) is 26.1 Å². The average Bonchev–Trinajstić information content (AvgIpc) is 2.95. The maximum Gasteiger partial charge on any atom is 0.296 e. The van der Waals surface area contributed by atoms with E-state index in [0.717, 1.165) is 17.9 Å². The van der Waals surface area contributed by atoms with Gasteiger partial charge in [0, 0.05) is 36.4 Å². The monoisotopic (exact) mass is 523 g/mol. The molecule has 2 saturated heterocycles. The first-order valence-corrected chi connectivity index (χ1v) is 12.3. The number of ether oxygens (including phenoxy) is 2. The average molecular weight is 524 g/mol. The number of morpholine rings is 1. The predicted octanol–water partition coefficient (Wildman–Crippen LogP) is 2.73. The zero-order valence-corrected chi connectivity index (χ0v) is 20.5. The zero-order chi connectivity index (χ0) is 26.5. The van der Waals surface area contributed by atoms with E-state index in [2.05, 4.69) is 30.5 Å². The number of anilines is 3. The van der Waals surface area contributed by atoms with Gasteiger partial charge in [-0.15, -0.1) is 0 Å². The largest absolute Gasteiger partial charge is 0.483 e. The van der Waals surface area contributed by atoms with Gasteiger partial charge in [-0.3, -0.25) is 0 Å². The lowest BCUT2D eigenvalue weighted by Crippen LogP contribution is -2.52. The fourth-order valence-electron chi connectivity index (χ4n) is 4.42. The highest BCUT2D eigenvalue weighted by molar-refractivity contribution is 5.64. The van der Waals surface area contributed by atoms with Gasteiger partial charge >= 0.3 is 0 Å². The maximum absolute atomic E-state index is 14.2. The van der Waals surface area contributed by atoms with E-state index in [1.807, 2.05) is 30.3 Å². The van der Waals surface area contributed by atoms with Gasteiger partial charge in [0.05, 0.1) is 31.4 Å². The molecule has 2 aliphatic heterocycles. The van der Waals surface area contributed by atoms with Crippen molar-refractivity contribution in [1.29, 1.82) is 5.26 Å². The number of nitrogens with zero attached hydrogens (tertiary/aromatic N) is 5. The van der Waals surface area contributed by atoms with Crippen LogP contribution in [0.15, 0.2) is 48.8 Å². The summed E-state index contributed by atoms with van der Waals surface area (Å²) in [6.45, 7) is 1.87. The lowest BCUT2D eigenvalue weighted by molar-refractivity contribution is -0.109. The minimum absolute atomic E-state index is 0.0162. The first-order chi connectivity index (χ1) is 18.4. The van der Waals surface area contributed by atoms with Crippen LogP contribution in [0.5, 0.6) is 5.75 Å². The van der Waals surface area contributed by atoms with Crippen molar-refractivity contribution in [3.8, 4) is 23.2 Å². The second kappa shape index (κ2) is 11.2. The molecular formula is C26H27F2N7O3. The molecule has 3 aromatic rings. The highest BCUT2D eigenvalue weighted by atomic mass is 19.3. The molecule has 3 heterocycles. The molecule has 2 atom stereocenters. The van der Waals surface area contributed by atoms with Gasteiger partial charge in [-0.05, 0) is 49.0 Å². The van der Waals surface area contributed by atoms with Gasteiger partial charge in [-0.25, -0.2) is 18.7 Å². The Morgan fingerprint density at radius 2 is 2.08 bits per heavy atom. The topological polar surface area (TPSA) is 128 Å². The number of alkyl halides is 2. The van der Waals surface area contributed by atoms with Crippen LogP contribution in [0.25, 0.3) is 11.4 Å². The number of hydrogen-bond acceptors (Lipinski definition) is 10. The van der Waals surface area contributed by atoms with Gasteiger partial charge in [-0.1, -0.05) is 0 Å². The van der Waals surface area contributed by atoms with Crippen LogP contribution in [-0.4, -0.2) is 77.6 Å². The van der Waals surface area contributed by atoms with Crippen LogP contribution in [0.3, 0.4) is 0 Å². The van der Waals surface area contributed by atoms with E-state index < -0.39 is 18.6 Å². The Morgan fingerprint density at radius 1 is 1.24 bits per heavy atom. The van der Waals surface area contributed by atoms with Crippen LogP contribution in [-0.2, 0) is 4.74 Å².